The van der Waals surface area contributed by atoms with Crippen LogP contribution in [0.2, 0.25) is 0 Å². The molecule has 0 radical (unpaired) electrons. The van der Waals surface area contributed by atoms with Crippen molar-refractivity contribution in [1.82, 2.24) is 4.98 Å². The fraction of sp³-hybridized carbons (Fsp3) is 0.545. The predicted molar refractivity (Wildman–Crippen MR) is 65.1 cm³/mol. The summed E-state index contributed by atoms with van der Waals surface area (Å²) < 4.78 is 0. The van der Waals surface area contributed by atoms with Crippen molar-refractivity contribution >= 4 is 21.6 Å². The number of aryl methyl sites for hydroxylation is 1. The Labute approximate surface area is 94.3 Å². The molecular formula is C11H17BrN2. The average molecular weight is 257 g/mol. The van der Waals surface area contributed by atoms with Crippen LogP contribution in [0.5, 0.6) is 0 Å². The van der Waals surface area contributed by atoms with Crippen LogP contribution in [0.1, 0.15) is 25.3 Å². The molecule has 1 rings (SSSR count). The largest absolute Gasteiger partial charge is 0.385 e. The third-order valence-electron chi connectivity index (χ3n) is 2.24. The van der Waals surface area contributed by atoms with Gasteiger partial charge in [-0.2, -0.15) is 0 Å². The van der Waals surface area contributed by atoms with Crippen molar-refractivity contribution in [3.63, 3.8) is 0 Å². The lowest BCUT2D eigenvalue weighted by Crippen LogP contribution is -2.08. The molecule has 1 aromatic rings. The van der Waals surface area contributed by atoms with Gasteiger partial charge in [0.05, 0.1) is 0 Å². The molecule has 78 valence electrons. The predicted octanol–water partition coefficient (Wildman–Crippen LogP) is 3.37. The Balaban J connectivity index is 2.35. The van der Waals surface area contributed by atoms with Gasteiger partial charge in [-0.25, -0.2) is 0 Å². The standard InChI is InChI=1S/C11H17BrN2/c1-3-10(12)4-7-14-11-5-6-13-8-9(11)2/h5-6,8,10H,3-4,7H2,1-2H3,(H,13,14). The number of hydrogen-bond acceptors (Lipinski definition) is 2. The van der Waals surface area contributed by atoms with Crippen LogP contribution >= 0.6 is 15.9 Å². The van der Waals surface area contributed by atoms with Crippen LogP contribution in [0.4, 0.5) is 5.69 Å². The summed E-state index contributed by atoms with van der Waals surface area (Å²) in [5, 5.41) is 3.41. The number of aromatic nitrogens is 1. The third kappa shape index (κ3) is 3.66. The van der Waals surface area contributed by atoms with E-state index >= 15 is 0 Å². The summed E-state index contributed by atoms with van der Waals surface area (Å²) in [5.41, 5.74) is 2.39. The Kier molecular flexibility index (Phi) is 4.94. The highest BCUT2D eigenvalue weighted by Crippen LogP contribution is 2.13. The van der Waals surface area contributed by atoms with Crippen LogP contribution in [-0.4, -0.2) is 16.4 Å². The van der Waals surface area contributed by atoms with Crippen molar-refractivity contribution in [2.24, 2.45) is 0 Å². The zero-order valence-electron chi connectivity index (χ0n) is 8.76. The molecule has 0 bridgehead atoms. The highest BCUT2D eigenvalue weighted by molar-refractivity contribution is 9.09. The van der Waals surface area contributed by atoms with E-state index in [1.54, 1.807) is 0 Å². The molecular weight excluding hydrogens is 240 g/mol. The summed E-state index contributed by atoms with van der Waals surface area (Å²) in [7, 11) is 0. The first-order valence-electron chi connectivity index (χ1n) is 5.02. The van der Waals surface area contributed by atoms with E-state index in [1.807, 2.05) is 18.5 Å². The van der Waals surface area contributed by atoms with Crippen LogP contribution in [0.25, 0.3) is 0 Å². The first kappa shape index (κ1) is 11.5. The van der Waals surface area contributed by atoms with Gasteiger partial charge in [0.1, 0.15) is 0 Å². The van der Waals surface area contributed by atoms with Gasteiger partial charge in [-0.3, -0.25) is 4.98 Å². The highest BCUT2D eigenvalue weighted by Gasteiger charge is 2.00. The van der Waals surface area contributed by atoms with E-state index in [9.17, 15) is 0 Å². The SMILES string of the molecule is CCC(Br)CCNc1ccncc1C. The molecule has 0 saturated carbocycles. The normalized spacial score (nSPS) is 12.5. The maximum absolute atomic E-state index is 4.06. The second kappa shape index (κ2) is 6.02. The highest BCUT2D eigenvalue weighted by atomic mass is 79.9. The molecule has 2 nitrogen and oxygen atoms in total. The van der Waals surface area contributed by atoms with Crippen LogP contribution in [0.15, 0.2) is 18.5 Å². The molecule has 0 amide bonds. The quantitative estimate of drug-likeness (QED) is 0.818. The topological polar surface area (TPSA) is 24.9 Å². The maximum Gasteiger partial charge on any atom is 0.0400 e. The Morgan fingerprint density at radius 1 is 1.57 bits per heavy atom. The summed E-state index contributed by atoms with van der Waals surface area (Å²) in [6.07, 6.45) is 6.03. The molecule has 0 aromatic carbocycles. The lowest BCUT2D eigenvalue weighted by molar-refractivity contribution is 0.774. The number of halogens is 1. The summed E-state index contributed by atoms with van der Waals surface area (Å²) in [6.45, 7) is 5.27. The molecule has 0 aliphatic rings. The number of pyridine rings is 1. The summed E-state index contributed by atoms with van der Waals surface area (Å²) in [4.78, 5) is 4.68. The van der Waals surface area contributed by atoms with Crippen LogP contribution < -0.4 is 5.32 Å². The van der Waals surface area contributed by atoms with Gasteiger partial charge in [0.2, 0.25) is 0 Å². The first-order valence-corrected chi connectivity index (χ1v) is 5.94. The molecule has 1 heterocycles. The summed E-state index contributed by atoms with van der Waals surface area (Å²) >= 11 is 3.62. The number of anilines is 1. The van der Waals surface area contributed by atoms with Crippen LogP contribution in [-0.2, 0) is 0 Å². The van der Waals surface area contributed by atoms with Crippen molar-refractivity contribution in [2.45, 2.75) is 31.5 Å². The lowest BCUT2D eigenvalue weighted by Gasteiger charge is -2.10. The fourth-order valence-electron chi connectivity index (χ4n) is 1.24. The first-order chi connectivity index (χ1) is 6.74. The molecule has 0 fully saturated rings. The molecule has 1 N–H and O–H groups in total. The summed E-state index contributed by atoms with van der Waals surface area (Å²) in [6, 6.07) is 2.02. The van der Waals surface area contributed by atoms with E-state index in [1.165, 1.54) is 17.7 Å². The number of nitrogens with one attached hydrogen (secondary N) is 1. The van der Waals surface area contributed by atoms with Crippen molar-refractivity contribution in [2.75, 3.05) is 11.9 Å². The van der Waals surface area contributed by atoms with Gasteiger partial charge in [-0.15, -0.1) is 0 Å². The molecule has 1 aromatic heterocycles. The number of nitrogens with zero attached hydrogens (tertiary/aromatic N) is 1. The Morgan fingerprint density at radius 3 is 3.00 bits per heavy atom. The number of rotatable bonds is 5. The van der Waals surface area contributed by atoms with Gasteiger partial charge >= 0.3 is 0 Å². The second-order valence-corrected chi connectivity index (χ2v) is 4.71. The summed E-state index contributed by atoms with van der Waals surface area (Å²) in [5.74, 6) is 0. The van der Waals surface area contributed by atoms with E-state index in [0.717, 1.165) is 13.0 Å². The Morgan fingerprint density at radius 2 is 2.36 bits per heavy atom. The van der Waals surface area contributed by atoms with E-state index in [2.05, 4.69) is 40.1 Å². The van der Waals surface area contributed by atoms with E-state index in [4.69, 9.17) is 0 Å². The molecule has 1 unspecified atom stereocenters. The fourth-order valence-corrected chi connectivity index (χ4v) is 1.47. The minimum Gasteiger partial charge on any atom is -0.385 e. The van der Waals surface area contributed by atoms with Gasteiger partial charge < -0.3 is 5.32 Å². The van der Waals surface area contributed by atoms with E-state index in [-0.39, 0.29) is 0 Å². The minimum atomic E-state index is 0.622. The van der Waals surface area contributed by atoms with Crippen molar-refractivity contribution < 1.29 is 0 Å². The van der Waals surface area contributed by atoms with Crippen molar-refractivity contribution in [3.8, 4) is 0 Å². The smallest absolute Gasteiger partial charge is 0.0400 e. The van der Waals surface area contributed by atoms with Crippen molar-refractivity contribution in [1.29, 1.82) is 0 Å². The molecule has 3 heteroatoms. The van der Waals surface area contributed by atoms with Gasteiger partial charge in [-0.05, 0) is 31.4 Å². The molecule has 1 atom stereocenters. The third-order valence-corrected chi connectivity index (χ3v) is 3.34. The lowest BCUT2D eigenvalue weighted by atomic mass is 10.2. The molecule has 14 heavy (non-hydrogen) atoms. The number of hydrogen-bond donors (Lipinski definition) is 1. The maximum atomic E-state index is 4.06. The number of alkyl halides is 1. The van der Waals surface area contributed by atoms with Crippen LogP contribution in [0.3, 0.4) is 0 Å². The average Bonchev–Trinajstić information content (AvgIpc) is 2.20. The Hall–Kier alpha value is -0.570. The molecule has 0 aliphatic carbocycles. The molecule has 0 spiro atoms. The molecule has 0 saturated heterocycles. The van der Waals surface area contributed by atoms with Gasteiger partial charge in [0.25, 0.3) is 0 Å². The van der Waals surface area contributed by atoms with Crippen LogP contribution in [0, 0.1) is 6.92 Å². The van der Waals surface area contributed by atoms with Crippen molar-refractivity contribution in [3.05, 3.63) is 24.0 Å². The minimum absolute atomic E-state index is 0.622. The van der Waals surface area contributed by atoms with E-state index in [0.29, 0.717) is 4.83 Å². The van der Waals surface area contributed by atoms with Gasteiger partial charge in [-0.1, -0.05) is 22.9 Å². The Bertz CT molecular complexity index is 276. The van der Waals surface area contributed by atoms with Gasteiger partial charge in [0.15, 0.2) is 0 Å². The molecule has 0 aliphatic heterocycles. The second-order valence-electron chi connectivity index (χ2n) is 3.41. The zero-order chi connectivity index (χ0) is 10.4. The van der Waals surface area contributed by atoms with E-state index < -0.39 is 0 Å². The monoisotopic (exact) mass is 256 g/mol. The zero-order valence-corrected chi connectivity index (χ0v) is 10.3. The van der Waals surface area contributed by atoms with Gasteiger partial charge in [0, 0.05) is 29.5 Å².